The van der Waals surface area contributed by atoms with Crippen LogP contribution in [0, 0.1) is 11.3 Å². The third kappa shape index (κ3) is 4.69. The van der Waals surface area contributed by atoms with Crippen LogP contribution in [0.25, 0.3) is 10.9 Å². The van der Waals surface area contributed by atoms with Crippen LogP contribution in [0.15, 0.2) is 72.9 Å². The molecule has 170 valence electrons. The highest BCUT2D eigenvalue weighted by Gasteiger charge is 2.18. The molecule has 0 radical (unpaired) electrons. The molecule has 4 rings (SSSR count). The lowest BCUT2D eigenvalue weighted by Gasteiger charge is -2.19. The zero-order chi connectivity index (χ0) is 24.5. The second-order valence-corrected chi connectivity index (χ2v) is 9.30. The summed E-state index contributed by atoms with van der Waals surface area (Å²) in [5.41, 5.74) is 4.61. The van der Waals surface area contributed by atoms with Gasteiger partial charge in [0.15, 0.2) is 0 Å². The molecule has 0 atom stereocenters. The summed E-state index contributed by atoms with van der Waals surface area (Å²) >= 11 is 0. The normalized spacial score (nSPS) is 11.2. The van der Waals surface area contributed by atoms with Crippen LogP contribution in [0.5, 0.6) is 0 Å². The van der Waals surface area contributed by atoms with Crippen LogP contribution in [0.2, 0.25) is 0 Å². The molecule has 0 aliphatic heterocycles. The Balaban J connectivity index is 1.70. The van der Waals surface area contributed by atoms with E-state index in [0.29, 0.717) is 23.4 Å². The van der Waals surface area contributed by atoms with Gasteiger partial charge in [-0.15, -0.1) is 0 Å². The molecule has 1 amide bonds. The number of anilines is 1. The first-order valence-electron chi connectivity index (χ1n) is 10.9. The van der Waals surface area contributed by atoms with E-state index in [-0.39, 0.29) is 16.9 Å². The number of carbonyl (C=O) groups is 2. The summed E-state index contributed by atoms with van der Waals surface area (Å²) in [5.74, 6) is -1.41. The maximum atomic E-state index is 13.1. The highest BCUT2D eigenvalue weighted by molar-refractivity contribution is 6.13. The number of hydrogen-bond acceptors (Lipinski definition) is 3. The molecule has 0 unspecified atom stereocenters. The molecule has 34 heavy (non-hydrogen) atoms. The van der Waals surface area contributed by atoms with E-state index < -0.39 is 5.97 Å². The predicted octanol–water partition coefficient (Wildman–Crippen LogP) is 5.81. The maximum absolute atomic E-state index is 13.1. The number of nitrogens with zero attached hydrogens (tertiary/aromatic N) is 2. The summed E-state index contributed by atoms with van der Waals surface area (Å²) in [6, 6.07) is 21.9. The maximum Gasteiger partial charge on any atom is 0.335 e. The van der Waals surface area contributed by atoms with E-state index in [0.717, 1.165) is 16.5 Å². The van der Waals surface area contributed by atoms with Gasteiger partial charge in [0.1, 0.15) is 0 Å². The number of carbonyl (C=O) groups excluding carboxylic acids is 1. The van der Waals surface area contributed by atoms with Crippen molar-refractivity contribution < 1.29 is 14.7 Å². The molecule has 0 aliphatic carbocycles. The topological polar surface area (TPSA) is 95.1 Å². The molecule has 0 saturated carbocycles. The van der Waals surface area contributed by atoms with Gasteiger partial charge in [0.2, 0.25) is 0 Å². The number of nitriles is 1. The van der Waals surface area contributed by atoms with Crippen LogP contribution in [-0.2, 0) is 12.0 Å². The highest BCUT2D eigenvalue weighted by atomic mass is 16.4. The van der Waals surface area contributed by atoms with Crippen molar-refractivity contribution >= 4 is 28.5 Å². The van der Waals surface area contributed by atoms with Crippen LogP contribution in [-0.4, -0.2) is 21.6 Å². The molecule has 3 aromatic carbocycles. The average Bonchev–Trinajstić information content (AvgIpc) is 3.16. The summed E-state index contributed by atoms with van der Waals surface area (Å²) in [4.78, 5) is 24.4. The Bertz CT molecular complexity index is 1430. The molecule has 0 bridgehead atoms. The summed E-state index contributed by atoms with van der Waals surface area (Å²) in [6.07, 6.45) is 1.78. The Labute approximate surface area is 198 Å². The summed E-state index contributed by atoms with van der Waals surface area (Å²) in [6.45, 7) is 7.04. The SMILES string of the molecule is CC(C)(C)c1ccc(Cn2cc(C(=O)Nc3cccc(C(=O)O)c3)c3ccc(C#N)cc32)cc1. The standard InChI is InChI=1S/C28H25N3O3/c1-28(2,3)21-10-7-18(8-11-21)16-31-17-24(23-12-9-19(15-29)13-25(23)31)26(32)30-22-6-4-5-20(14-22)27(33)34/h4-14,17H,16H2,1-3H3,(H,30,32)(H,33,34). The average molecular weight is 452 g/mol. The summed E-state index contributed by atoms with van der Waals surface area (Å²) in [7, 11) is 0. The lowest BCUT2D eigenvalue weighted by atomic mass is 9.87. The number of amides is 1. The molecule has 0 saturated heterocycles. The number of fused-ring (bicyclic) bond motifs is 1. The first kappa shape index (κ1) is 22.8. The monoisotopic (exact) mass is 451 g/mol. The van der Waals surface area contributed by atoms with Gasteiger partial charge in [-0.3, -0.25) is 4.79 Å². The Kier molecular flexibility index (Phi) is 5.95. The Morgan fingerprint density at radius 2 is 1.76 bits per heavy atom. The van der Waals surface area contributed by atoms with Crippen molar-refractivity contribution in [2.75, 3.05) is 5.32 Å². The number of hydrogen-bond donors (Lipinski definition) is 2. The van der Waals surface area contributed by atoms with Crippen LogP contribution in [0.4, 0.5) is 5.69 Å². The van der Waals surface area contributed by atoms with Crippen molar-refractivity contribution in [1.29, 1.82) is 5.26 Å². The zero-order valence-electron chi connectivity index (χ0n) is 19.3. The van der Waals surface area contributed by atoms with E-state index in [4.69, 9.17) is 0 Å². The van der Waals surface area contributed by atoms with Gasteiger partial charge < -0.3 is 15.0 Å². The number of carboxylic acid groups (broad SMARTS) is 1. The minimum atomic E-state index is -1.06. The lowest BCUT2D eigenvalue weighted by molar-refractivity contribution is 0.0696. The largest absolute Gasteiger partial charge is 0.478 e. The van der Waals surface area contributed by atoms with Crippen molar-refractivity contribution in [1.82, 2.24) is 4.57 Å². The van der Waals surface area contributed by atoms with E-state index in [1.807, 2.05) is 4.57 Å². The van der Waals surface area contributed by atoms with E-state index in [1.54, 1.807) is 36.5 Å². The van der Waals surface area contributed by atoms with E-state index in [1.165, 1.54) is 17.7 Å². The van der Waals surface area contributed by atoms with Crippen LogP contribution in [0.3, 0.4) is 0 Å². The first-order chi connectivity index (χ1) is 16.2. The number of carboxylic acids is 1. The van der Waals surface area contributed by atoms with E-state index in [9.17, 15) is 20.0 Å². The number of benzene rings is 3. The van der Waals surface area contributed by atoms with Gasteiger partial charge in [0.25, 0.3) is 5.91 Å². The number of nitrogens with one attached hydrogen (secondary N) is 1. The van der Waals surface area contributed by atoms with Crippen molar-refractivity contribution in [3.63, 3.8) is 0 Å². The highest BCUT2D eigenvalue weighted by Crippen LogP contribution is 2.26. The second-order valence-electron chi connectivity index (χ2n) is 9.30. The minimum Gasteiger partial charge on any atom is -0.478 e. The fourth-order valence-corrected chi connectivity index (χ4v) is 3.91. The molecule has 1 heterocycles. The van der Waals surface area contributed by atoms with E-state index >= 15 is 0 Å². The van der Waals surface area contributed by atoms with E-state index in [2.05, 4.69) is 56.4 Å². The third-order valence-corrected chi connectivity index (χ3v) is 5.80. The number of aromatic carboxylic acids is 1. The summed E-state index contributed by atoms with van der Waals surface area (Å²) in [5, 5.41) is 22.1. The molecular weight excluding hydrogens is 426 g/mol. The first-order valence-corrected chi connectivity index (χ1v) is 10.9. The molecule has 0 aliphatic rings. The van der Waals surface area contributed by atoms with Crippen molar-refractivity contribution in [2.24, 2.45) is 0 Å². The quantitative estimate of drug-likeness (QED) is 0.400. The Morgan fingerprint density at radius 3 is 2.41 bits per heavy atom. The number of rotatable bonds is 5. The molecule has 6 nitrogen and oxygen atoms in total. The van der Waals surface area contributed by atoms with Crippen molar-refractivity contribution in [2.45, 2.75) is 32.7 Å². The molecular formula is C28H25N3O3. The molecule has 4 aromatic rings. The smallest absolute Gasteiger partial charge is 0.335 e. The lowest BCUT2D eigenvalue weighted by Crippen LogP contribution is -2.12. The third-order valence-electron chi connectivity index (χ3n) is 5.80. The molecule has 6 heteroatoms. The predicted molar refractivity (Wildman–Crippen MR) is 132 cm³/mol. The molecule has 0 spiro atoms. The molecule has 1 aromatic heterocycles. The Morgan fingerprint density at radius 1 is 1.03 bits per heavy atom. The molecule has 2 N–H and O–H groups in total. The fourth-order valence-electron chi connectivity index (χ4n) is 3.91. The van der Waals surface area contributed by atoms with Gasteiger partial charge in [-0.25, -0.2) is 4.79 Å². The van der Waals surface area contributed by atoms with Crippen molar-refractivity contribution in [3.8, 4) is 6.07 Å². The van der Waals surface area contributed by atoms with Gasteiger partial charge in [0.05, 0.1) is 28.3 Å². The number of aromatic nitrogens is 1. The van der Waals surface area contributed by atoms with Crippen LogP contribution >= 0.6 is 0 Å². The summed E-state index contributed by atoms with van der Waals surface area (Å²) < 4.78 is 1.96. The minimum absolute atomic E-state index is 0.0591. The Hall–Kier alpha value is -4.37. The van der Waals surface area contributed by atoms with Gasteiger partial charge in [-0.2, -0.15) is 5.26 Å². The van der Waals surface area contributed by atoms with Crippen molar-refractivity contribution in [3.05, 3.63) is 101 Å². The van der Waals surface area contributed by atoms with Crippen LogP contribution < -0.4 is 5.32 Å². The van der Waals surface area contributed by atoms with Gasteiger partial charge in [-0.1, -0.05) is 57.2 Å². The van der Waals surface area contributed by atoms with Crippen LogP contribution in [0.1, 0.15) is 58.2 Å². The van der Waals surface area contributed by atoms with Gasteiger partial charge in [0, 0.05) is 23.8 Å². The van der Waals surface area contributed by atoms with Gasteiger partial charge >= 0.3 is 5.97 Å². The van der Waals surface area contributed by atoms with Gasteiger partial charge in [-0.05, 0) is 46.9 Å². The second kappa shape index (κ2) is 8.87. The zero-order valence-corrected chi connectivity index (χ0v) is 19.3. The molecule has 0 fully saturated rings. The fraction of sp³-hybridized carbons (Fsp3) is 0.179.